The number of nitrogens with zero attached hydrogens (tertiary/aromatic N) is 1. The largest absolute Gasteiger partial charge is 0.493 e. The van der Waals surface area contributed by atoms with Gasteiger partial charge in [0.05, 0.1) is 14.2 Å². The number of benzene rings is 1. The molecule has 1 saturated heterocycles. The maximum Gasteiger partial charge on any atom is 0.223 e. The van der Waals surface area contributed by atoms with E-state index >= 15 is 0 Å². The highest BCUT2D eigenvalue weighted by Crippen LogP contribution is 2.45. The van der Waals surface area contributed by atoms with Crippen molar-refractivity contribution in [3.63, 3.8) is 0 Å². The summed E-state index contributed by atoms with van der Waals surface area (Å²) < 4.78 is 10.6. The van der Waals surface area contributed by atoms with Gasteiger partial charge < -0.3 is 14.4 Å². The fourth-order valence-corrected chi connectivity index (χ4v) is 3.85. The Morgan fingerprint density at radius 2 is 1.86 bits per heavy atom. The van der Waals surface area contributed by atoms with Crippen LogP contribution in [-0.2, 0) is 11.2 Å². The van der Waals surface area contributed by atoms with Gasteiger partial charge in [0, 0.05) is 18.5 Å². The molecule has 1 aliphatic heterocycles. The number of amides is 1. The van der Waals surface area contributed by atoms with Gasteiger partial charge in [-0.3, -0.25) is 4.79 Å². The van der Waals surface area contributed by atoms with Gasteiger partial charge in [0.2, 0.25) is 5.91 Å². The second-order valence-electron chi connectivity index (χ2n) is 6.42. The Morgan fingerprint density at radius 1 is 1.14 bits per heavy atom. The number of methoxy groups -OCH3 is 2. The zero-order valence-electron chi connectivity index (χ0n) is 13.6. The average molecular weight is 303 g/mol. The van der Waals surface area contributed by atoms with Gasteiger partial charge in [-0.15, -0.1) is 0 Å². The van der Waals surface area contributed by atoms with E-state index in [1.165, 1.54) is 32.1 Å². The molecule has 22 heavy (non-hydrogen) atoms. The van der Waals surface area contributed by atoms with Crippen LogP contribution in [-0.4, -0.2) is 37.1 Å². The summed E-state index contributed by atoms with van der Waals surface area (Å²) in [5.74, 6) is 1.77. The molecular weight excluding hydrogens is 278 g/mol. The predicted molar refractivity (Wildman–Crippen MR) is 85.4 cm³/mol. The van der Waals surface area contributed by atoms with Crippen LogP contribution in [0, 0.1) is 0 Å². The zero-order valence-corrected chi connectivity index (χ0v) is 13.6. The quantitative estimate of drug-likeness (QED) is 0.838. The number of carbonyl (C=O) groups is 1. The number of likely N-dealkylation sites (tertiary alicyclic amines) is 1. The molecule has 0 N–H and O–H groups in total. The molecule has 4 nitrogen and oxygen atoms in total. The zero-order chi connectivity index (χ0) is 15.6. The highest BCUT2D eigenvalue weighted by molar-refractivity contribution is 5.78. The molecule has 0 bridgehead atoms. The third-order valence-corrected chi connectivity index (χ3v) is 5.26. The van der Waals surface area contributed by atoms with E-state index < -0.39 is 0 Å². The van der Waals surface area contributed by atoms with Crippen molar-refractivity contribution in [3.05, 3.63) is 23.8 Å². The van der Waals surface area contributed by atoms with Crippen molar-refractivity contribution in [2.24, 2.45) is 0 Å². The van der Waals surface area contributed by atoms with Gasteiger partial charge in [-0.05, 0) is 56.2 Å². The Hall–Kier alpha value is -1.71. The van der Waals surface area contributed by atoms with Crippen molar-refractivity contribution in [2.75, 3.05) is 20.8 Å². The van der Waals surface area contributed by atoms with E-state index in [0.717, 1.165) is 30.0 Å². The van der Waals surface area contributed by atoms with Crippen molar-refractivity contribution in [3.8, 4) is 11.5 Å². The molecule has 3 rings (SSSR count). The van der Waals surface area contributed by atoms with Gasteiger partial charge >= 0.3 is 0 Å². The molecule has 1 aromatic rings. The van der Waals surface area contributed by atoms with Gasteiger partial charge in [-0.25, -0.2) is 0 Å². The van der Waals surface area contributed by atoms with Gasteiger partial charge in [0.15, 0.2) is 11.5 Å². The molecule has 0 aromatic heterocycles. The standard InChI is InChI=1S/C18H25NO3/c1-21-15-7-5-14(13-16(15)22-2)6-8-17(20)19-12-4-11-18(19)9-3-10-18/h5,7,13H,3-4,6,8-12H2,1-2H3. The summed E-state index contributed by atoms with van der Waals surface area (Å²) in [5, 5.41) is 0. The first-order valence-corrected chi connectivity index (χ1v) is 8.20. The third kappa shape index (κ3) is 2.67. The summed E-state index contributed by atoms with van der Waals surface area (Å²) in [4.78, 5) is 14.7. The predicted octanol–water partition coefficient (Wildman–Crippen LogP) is 3.18. The van der Waals surface area contributed by atoms with E-state index in [1.54, 1.807) is 14.2 Å². The molecule has 1 amide bonds. The van der Waals surface area contributed by atoms with Crippen LogP contribution in [0.3, 0.4) is 0 Å². The molecule has 4 heteroatoms. The first-order valence-electron chi connectivity index (χ1n) is 8.20. The molecule has 1 saturated carbocycles. The van der Waals surface area contributed by atoms with E-state index in [9.17, 15) is 4.79 Å². The fourth-order valence-electron chi connectivity index (χ4n) is 3.85. The third-order valence-electron chi connectivity index (χ3n) is 5.26. The SMILES string of the molecule is COc1ccc(CCC(=O)N2CCCC23CCC3)cc1OC. The topological polar surface area (TPSA) is 38.8 Å². The molecular formula is C18H25NO3. The van der Waals surface area contributed by atoms with Crippen molar-refractivity contribution in [1.29, 1.82) is 0 Å². The molecule has 1 aromatic carbocycles. The maximum absolute atomic E-state index is 12.6. The molecule has 1 spiro atoms. The number of ether oxygens (including phenoxy) is 2. The summed E-state index contributed by atoms with van der Waals surface area (Å²) in [6.45, 7) is 0.949. The molecule has 0 unspecified atom stereocenters. The van der Waals surface area contributed by atoms with Gasteiger partial charge in [0.25, 0.3) is 0 Å². The van der Waals surface area contributed by atoms with E-state index in [-0.39, 0.29) is 5.54 Å². The molecule has 2 aliphatic rings. The lowest BCUT2D eigenvalue weighted by Gasteiger charge is -2.46. The molecule has 0 radical (unpaired) electrons. The second-order valence-corrected chi connectivity index (χ2v) is 6.42. The summed E-state index contributed by atoms with van der Waals surface area (Å²) in [6.07, 6.45) is 7.39. The van der Waals surface area contributed by atoms with E-state index in [1.807, 2.05) is 18.2 Å². The van der Waals surface area contributed by atoms with Crippen LogP contribution in [0.4, 0.5) is 0 Å². The van der Waals surface area contributed by atoms with Crippen LogP contribution in [0.15, 0.2) is 18.2 Å². The highest BCUT2D eigenvalue weighted by atomic mass is 16.5. The van der Waals surface area contributed by atoms with Crippen LogP contribution in [0.2, 0.25) is 0 Å². The van der Waals surface area contributed by atoms with Crippen molar-refractivity contribution in [2.45, 2.75) is 50.5 Å². The van der Waals surface area contributed by atoms with Gasteiger partial charge in [-0.2, -0.15) is 0 Å². The van der Waals surface area contributed by atoms with Crippen molar-refractivity contribution >= 4 is 5.91 Å². The van der Waals surface area contributed by atoms with E-state index in [0.29, 0.717) is 12.3 Å². The lowest BCUT2D eigenvalue weighted by Crippen LogP contribution is -2.52. The highest BCUT2D eigenvalue weighted by Gasteiger charge is 2.47. The number of hydrogen-bond donors (Lipinski definition) is 0. The van der Waals surface area contributed by atoms with Crippen LogP contribution in [0.5, 0.6) is 11.5 Å². The Bertz CT molecular complexity index is 551. The number of rotatable bonds is 5. The first kappa shape index (κ1) is 15.2. The molecule has 0 atom stereocenters. The van der Waals surface area contributed by atoms with Crippen LogP contribution in [0.25, 0.3) is 0 Å². The van der Waals surface area contributed by atoms with Gasteiger partial charge in [-0.1, -0.05) is 6.07 Å². The number of aryl methyl sites for hydroxylation is 1. The summed E-state index contributed by atoms with van der Waals surface area (Å²) in [6, 6.07) is 5.88. The average Bonchev–Trinajstić information content (AvgIpc) is 2.97. The summed E-state index contributed by atoms with van der Waals surface area (Å²) in [7, 11) is 3.27. The van der Waals surface area contributed by atoms with Crippen LogP contribution >= 0.6 is 0 Å². The Morgan fingerprint density at radius 3 is 2.50 bits per heavy atom. The van der Waals surface area contributed by atoms with Crippen molar-refractivity contribution < 1.29 is 14.3 Å². The first-order chi connectivity index (χ1) is 10.7. The Kier molecular flexibility index (Phi) is 4.27. The normalized spacial score (nSPS) is 19.1. The lowest BCUT2D eigenvalue weighted by molar-refractivity contribution is -0.138. The minimum absolute atomic E-state index is 0.231. The Labute approximate surface area is 132 Å². The van der Waals surface area contributed by atoms with Gasteiger partial charge in [0.1, 0.15) is 0 Å². The fraction of sp³-hybridized carbons (Fsp3) is 0.611. The lowest BCUT2D eigenvalue weighted by atomic mass is 9.74. The van der Waals surface area contributed by atoms with Crippen molar-refractivity contribution in [1.82, 2.24) is 4.90 Å². The summed E-state index contributed by atoms with van der Waals surface area (Å²) >= 11 is 0. The number of carbonyl (C=O) groups excluding carboxylic acids is 1. The summed E-state index contributed by atoms with van der Waals surface area (Å²) in [5.41, 5.74) is 1.35. The molecule has 2 fully saturated rings. The monoisotopic (exact) mass is 303 g/mol. The minimum Gasteiger partial charge on any atom is -0.493 e. The smallest absolute Gasteiger partial charge is 0.223 e. The Balaban J connectivity index is 1.61. The molecule has 1 heterocycles. The maximum atomic E-state index is 12.6. The molecule has 120 valence electrons. The van der Waals surface area contributed by atoms with E-state index in [2.05, 4.69) is 4.90 Å². The second kappa shape index (κ2) is 6.19. The van der Waals surface area contributed by atoms with Crippen LogP contribution < -0.4 is 9.47 Å². The van der Waals surface area contributed by atoms with Crippen LogP contribution in [0.1, 0.15) is 44.1 Å². The van der Waals surface area contributed by atoms with E-state index in [4.69, 9.17) is 9.47 Å². The molecule has 1 aliphatic carbocycles. The minimum atomic E-state index is 0.231. The number of hydrogen-bond acceptors (Lipinski definition) is 3.